The number of nitro groups is 1. The molecule has 0 spiro atoms. The van der Waals surface area contributed by atoms with E-state index < -0.39 is 14.0 Å². The molecule has 0 aromatic heterocycles. The summed E-state index contributed by atoms with van der Waals surface area (Å²) >= 11 is 0. The fraction of sp³-hybridized carbons (Fsp3) is 0.455. The van der Waals surface area contributed by atoms with Gasteiger partial charge in [-0.15, -0.1) is 0 Å². The molecule has 1 rings (SSSR count). The molecule has 0 fully saturated rings. The molecule has 0 aliphatic rings. The molecule has 0 N–H and O–H groups in total. The lowest BCUT2D eigenvalue weighted by molar-refractivity contribution is -0.386. The smallest absolute Gasteiger partial charge is 0.313 e. The van der Waals surface area contributed by atoms with Gasteiger partial charge in [0.2, 0.25) is 9.05 Å². The van der Waals surface area contributed by atoms with Gasteiger partial charge in [-0.2, -0.15) is 0 Å². The summed E-state index contributed by atoms with van der Waals surface area (Å²) in [6.07, 6.45) is 0.808. The van der Waals surface area contributed by atoms with Crippen molar-refractivity contribution in [3.8, 4) is 5.75 Å². The molecule has 1 aromatic rings. The molecule has 0 saturated heterocycles. The Morgan fingerprint density at radius 1 is 1.37 bits per heavy atom. The van der Waals surface area contributed by atoms with Gasteiger partial charge >= 0.3 is 5.69 Å². The summed E-state index contributed by atoms with van der Waals surface area (Å²) in [4.78, 5) is 10.4. The van der Waals surface area contributed by atoms with Crippen LogP contribution in [-0.4, -0.2) is 25.7 Å². The lowest BCUT2D eigenvalue weighted by Gasteiger charge is -2.07. The summed E-state index contributed by atoms with van der Waals surface area (Å²) in [6.45, 7) is 1.84. The van der Waals surface area contributed by atoms with E-state index in [0.29, 0.717) is 18.4 Å². The summed E-state index contributed by atoms with van der Waals surface area (Å²) in [5.74, 6) is 0.0621. The first-order valence-corrected chi connectivity index (χ1v) is 8.08. The number of ether oxygens (including phenoxy) is 1. The van der Waals surface area contributed by atoms with E-state index in [4.69, 9.17) is 15.4 Å². The van der Waals surface area contributed by atoms with E-state index in [2.05, 4.69) is 0 Å². The van der Waals surface area contributed by atoms with Crippen molar-refractivity contribution in [2.45, 2.75) is 19.8 Å². The summed E-state index contributed by atoms with van der Waals surface area (Å²) < 4.78 is 26.7. The van der Waals surface area contributed by atoms with Crippen LogP contribution >= 0.6 is 10.7 Å². The second-order valence-corrected chi connectivity index (χ2v) is 6.87. The number of hydrogen-bond donors (Lipinski definition) is 0. The van der Waals surface area contributed by atoms with Gasteiger partial charge in [0, 0.05) is 16.2 Å². The zero-order chi connectivity index (χ0) is 14.5. The van der Waals surface area contributed by atoms with Crippen LogP contribution in [0, 0.1) is 17.0 Å². The summed E-state index contributed by atoms with van der Waals surface area (Å²) in [6, 6.07) is 4.81. The van der Waals surface area contributed by atoms with Crippen LogP contribution in [0.4, 0.5) is 5.69 Å². The Kier molecular flexibility index (Phi) is 5.56. The number of hydrogen-bond acceptors (Lipinski definition) is 5. The normalized spacial score (nSPS) is 11.3. The highest BCUT2D eigenvalue weighted by Crippen LogP contribution is 2.30. The van der Waals surface area contributed by atoms with Crippen molar-refractivity contribution < 1.29 is 18.1 Å². The van der Waals surface area contributed by atoms with Crippen molar-refractivity contribution in [3.63, 3.8) is 0 Å². The minimum atomic E-state index is -3.49. The highest BCUT2D eigenvalue weighted by molar-refractivity contribution is 8.13. The number of unbranched alkanes of at least 4 members (excludes halogenated alkanes) is 1. The molecule has 19 heavy (non-hydrogen) atoms. The standard InChI is InChI=1S/C11H14ClNO5S/c1-9-5-4-6-10(11(9)13(14)15)18-7-2-3-8-19(12,16)17/h4-6H,2-3,7-8H2,1H3. The van der Waals surface area contributed by atoms with Gasteiger partial charge in [-0.25, -0.2) is 8.42 Å². The average Bonchev–Trinajstić information content (AvgIpc) is 2.26. The molecule has 0 amide bonds. The molecule has 0 unspecified atom stereocenters. The molecule has 0 atom stereocenters. The Labute approximate surface area is 115 Å². The third-order valence-electron chi connectivity index (χ3n) is 2.42. The second kappa shape index (κ2) is 6.72. The van der Waals surface area contributed by atoms with E-state index in [1.165, 1.54) is 6.07 Å². The lowest BCUT2D eigenvalue weighted by atomic mass is 10.2. The average molecular weight is 308 g/mol. The van der Waals surface area contributed by atoms with Crippen molar-refractivity contribution in [2.24, 2.45) is 0 Å². The maximum Gasteiger partial charge on any atom is 0.313 e. The van der Waals surface area contributed by atoms with E-state index in [9.17, 15) is 18.5 Å². The fourth-order valence-electron chi connectivity index (χ4n) is 1.54. The minimum absolute atomic E-state index is 0.0625. The van der Waals surface area contributed by atoms with E-state index in [1.54, 1.807) is 19.1 Å². The highest BCUT2D eigenvalue weighted by Gasteiger charge is 2.17. The van der Waals surface area contributed by atoms with Gasteiger partial charge in [0.1, 0.15) is 0 Å². The Morgan fingerprint density at radius 2 is 2.05 bits per heavy atom. The zero-order valence-corrected chi connectivity index (χ0v) is 11.9. The van der Waals surface area contributed by atoms with Crippen LogP contribution in [-0.2, 0) is 9.05 Å². The van der Waals surface area contributed by atoms with Crippen LogP contribution < -0.4 is 4.74 Å². The number of halogens is 1. The van der Waals surface area contributed by atoms with E-state index >= 15 is 0 Å². The van der Waals surface area contributed by atoms with E-state index in [1.807, 2.05) is 0 Å². The number of nitrogens with zero attached hydrogens (tertiary/aromatic N) is 1. The van der Waals surface area contributed by atoms with E-state index in [-0.39, 0.29) is 23.8 Å². The molecule has 0 saturated carbocycles. The van der Waals surface area contributed by atoms with Gasteiger partial charge < -0.3 is 4.74 Å². The molecular weight excluding hydrogens is 294 g/mol. The van der Waals surface area contributed by atoms with Crippen LogP contribution in [0.25, 0.3) is 0 Å². The van der Waals surface area contributed by atoms with Crippen molar-refractivity contribution >= 4 is 25.4 Å². The molecule has 0 bridgehead atoms. The molecule has 8 heteroatoms. The quantitative estimate of drug-likeness (QED) is 0.334. The highest BCUT2D eigenvalue weighted by atomic mass is 35.7. The Hall–Kier alpha value is -1.34. The van der Waals surface area contributed by atoms with Gasteiger partial charge in [0.25, 0.3) is 0 Å². The van der Waals surface area contributed by atoms with Gasteiger partial charge in [0.05, 0.1) is 17.3 Å². The van der Waals surface area contributed by atoms with Crippen LogP contribution in [0.1, 0.15) is 18.4 Å². The van der Waals surface area contributed by atoms with Gasteiger partial charge in [-0.1, -0.05) is 12.1 Å². The predicted octanol–water partition coefficient (Wildman–Crippen LogP) is 2.63. The maximum absolute atomic E-state index is 10.9. The lowest BCUT2D eigenvalue weighted by Crippen LogP contribution is -2.04. The van der Waals surface area contributed by atoms with Gasteiger partial charge in [-0.3, -0.25) is 10.1 Å². The Bertz CT molecular complexity index is 558. The molecule has 0 heterocycles. The molecule has 1 aromatic carbocycles. The molecular formula is C11H14ClNO5S. The minimum Gasteiger partial charge on any atom is -0.487 e. The van der Waals surface area contributed by atoms with Crippen molar-refractivity contribution in [1.29, 1.82) is 0 Å². The predicted molar refractivity (Wildman–Crippen MR) is 72.2 cm³/mol. The first kappa shape index (κ1) is 15.7. The maximum atomic E-state index is 10.9. The number of rotatable bonds is 7. The third kappa shape index (κ3) is 5.44. The largest absolute Gasteiger partial charge is 0.487 e. The molecule has 0 aliphatic heterocycles. The monoisotopic (exact) mass is 307 g/mol. The fourth-order valence-corrected chi connectivity index (χ4v) is 2.42. The Balaban J connectivity index is 2.55. The van der Waals surface area contributed by atoms with Crippen LogP contribution in [0.5, 0.6) is 5.75 Å². The number of para-hydroxylation sites is 1. The van der Waals surface area contributed by atoms with E-state index in [0.717, 1.165) is 0 Å². The van der Waals surface area contributed by atoms with Crippen LogP contribution in [0.2, 0.25) is 0 Å². The summed E-state index contributed by atoms with van der Waals surface area (Å²) in [7, 11) is 1.57. The second-order valence-electron chi connectivity index (χ2n) is 3.98. The molecule has 106 valence electrons. The summed E-state index contributed by atoms with van der Waals surface area (Å²) in [5.41, 5.74) is 0.457. The zero-order valence-electron chi connectivity index (χ0n) is 10.3. The summed E-state index contributed by atoms with van der Waals surface area (Å²) in [5, 5.41) is 10.9. The topological polar surface area (TPSA) is 86.5 Å². The first-order valence-electron chi connectivity index (χ1n) is 5.60. The SMILES string of the molecule is Cc1cccc(OCCCCS(=O)(=O)Cl)c1[N+](=O)[O-]. The van der Waals surface area contributed by atoms with Crippen molar-refractivity contribution in [1.82, 2.24) is 0 Å². The Morgan fingerprint density at radius 3 is 2.63 bits per heavy atom. The number of benzene rings is 1. The van der Waals surface area contributed by atoms with Crippen LogP contribution in [0.15, 0.2) is 18.2 Å². The number of nitro benzene ring substituents is 1. The van der Waals surface area contributed by atoms with Crippen molar-refractivity contribution in [2.75, 3.05) is 12.4 Å². The van der Waals surface area contributed by atoms with Gasteiger partial charge in [0.15, 0.2) is 5.75 Å². The molecule has 6 nitrogen and oxygen atoms in total. The number of aryl methyl sites for hydroxylation is 1. The van der Waals surface area contributed by atoms with Crippen LogP contribution in [0.3, 0.4) is 0 Å². The first-order chi connectivity index (χ1) is 8.81. The van der Waals surface area contributed by atoms with Gasteiger partial charge in [-0.05, 0) is 25.8 Å². The van der Waals surface area contributed by atoms with Crippen molar-refractivity contribution in [3.05, 3.63) is 33.9 Å². The third-order valence-corrected chi connectivity index (χ3v) is 3.66. The molecule has 0 aliphatic carbocycles. The molecule has 0 radical (unpaired) electrons.